The number of rotatable bonds is 1. The average Bonchev–Trinajstić information content (AvgIpc) is 2.26. The van der Waals surface area contributed by atoms with Crippen LogP contribution in [0.2, 0.25) is 0 Å². The Morgan fingerprint density at radius 2 is 2.06 bits per heavy atom. The van der Waals surface area contributed by atoms with E-state index in [2.05, 4.69) is 9.97 Å². The molecule has 1 saturated heterocycles. The Hall–Kier alpha value is -1.23. The maximum atomic E-state index is 13.7. The van der Waals surface area contributed by atoms with Gasteiger partial charge < -0.3 is 10.0 Å². The van der Waals surface area contributed by atoms with Gasteiger partial charge in [0.2, 0.25) is 5.95 Å². The van der Waals surface area contributed by atoms with Gasteiger partial charge in [-0.2, -0.15) is 0 Å². The van der Waals surface area contributed by atoms with Crippen molar-refractivity contribution in [3.63, 3.8) is 0 Å². The third-order valence-corrected chi connectivity index (χ3v) is 2.97. The van der Waals surface area contributed by atoms with Crippen LogP contribution in [0.4, 0.5) is 10.3 Å². The molecule has 1 aliphatic rings. The summed E-state index contributed by atoms with van der Waals surface area (Å²) in [6.07, 6.45) is 1.08. The molecule has 88 valence electrons. The zero-order chi connectivity index (χ0) is 11.8. The highest BCUT2D eigenvalue weighted by atomic mass is 19.1. The summed E-state index contributed by atoms with van der Waals surface area (Å²) < 4.78 is 13.7. The van der Waals surface area contributed by atoms with Gasteiger partial charge in [-0.15, -0.1) is 0 Å². The summed E-state index contributed by atoms with van der Waals surface area (Å²) in [7, 11) is 0. The van der Waals surface area contributed by atoms with Crippen LogP contribution < -0.4 is 4.90 Å². The average molecular weight is 225 g/mol. The number of anilines is 1. The number of halogens is 1. The first-order chi connectivity index (χ1) is 7.50. The van der Waals surface area contributed by atoms with E-state index in [9.17, 15) is 9.50 Å². The number of piperidine rings is 1. The second-order valence-electron chi connectivity index (χ2n) is 4.88. The molecule has 2 rings (SSSR count). The minimum atomic E-state index is -1.26. The van der Waals surface area contributed by atoms with Gasteiger partial charge in [0.15, 0.2) is 0 Å². The summed E-state index contributed by atoms with van der Waals surface area (Å²) in [4.78, 5) is 9.96. The van der Waals surface area contributed by atoms with Crippen LogP contribution in [0.15, 0.2) is 18.5 Å². The molecular formula is C11H16FN3O. The van der Waals surface area contributed by atoms with Crippen molar-refractivity contribution >= 4 is 5.95 Å². The van der Waals surface area contributed by atoms with E-state index in [1.54, 1.807) is 23.4 Å². The standard InChI is InChI=1S/C11H16FN3O/c1-11(2)7-15(6-8(12)9(11)16)10-13-4-3-5-14-10/h3-5,8-9,16H,6-7H2,1-2H3/t8-,9-/m0/s1. The topological polar surface area (TPSA) is 49.2 Å². The number of hydrogen-bond donors (Lipinski definition) is 1. The number of aliphatic hydroxyl groups excluding tert-OH is 1. The van der Waals surface area contributed by atoms with E-state index >= 15 is 0 Å². The number of alkyl halides is 1. The monoisotopic (exact) mass is 225 g/mol. The van der Waals surface area contributed by atoms with Crippen molar-refractivity contribution in [2.75, 3.05) is 18.0 Å². The van der Waals surface area contributed by atoms with Crippen LogP contribution in [0.5, 0.6) is 0 Å². The molecule has 1 aliphatic heterocycles. The van der Waals surface area contributed by atoms with E-state index in [-0.39, 0.29) is 6.54 Å². The molecule has 4 nitrogen and oxygen atoms in total. The fourth-order valence-corrected chi connectivity index (χ4v) is 2.06. The first kappa shape index (κ1) is 11.3. The molecule has 0 amide bonds. The van der Waals surface area contributed by atoms with E-state index in [1.807, 2.05) is 13.8 Å². The summed E-state index contributed by atoms with van der Waals surface area (Å²) in [6.45, 7) is 4.39. The molecule has 2 atom stereocenters. The van der Waals surface area contributed by atoms with E-state index in [1.165, 1.54) is 0 Å². The van der Waals surface area contributed by atoms with Crippen molar-refractivity contribution in [2.45, 2.75) is 26.1 Å². The van der Waals surface area contributed by atoms with E-state index in [0.717, 1.165) is 0 Å². The molecular weight excluding hydrogens is 209 g/mol. The lowest BCUT2D eigenvalue weighted by Gasteiger charge is -2.43. The first-order valence-electron chi connectivity index (χ1n) is 5.35. The molecule has 1 fully saturated rings. The predicted molar refractivity (Wildman–Crippen MR) is 58.9 cm³/mol. The zero-order valence-electron chi connectivity index (χ0n) is 9.47. The Kier molecular flexibility index (Phi) is 2.80. The third-order valence-electron chi connectivity index (χ3n) is 2.97. The Morgan fingerprint density at radius 3 is 2.62 bits per heavy atom. The second kappa shape index (κ2) is 3.97. The lowest BCUT2D eigenvalue weighted by atomic mass is 9.80. The van der Waals surface area contributed by atoms with Crippen molar-refractivity contribution in [1.29, 1.82) is 0 Å². The van der Waals surface area contributed by atoms with Gasteiger partial charge in [0.25, 0.3) is 0 Å². The highest BCUT2D eigenvalue weighted by Gasteiger charge is 2.42. The third kappa shape index (κ3) is 2.00. The summed E-state index contributed by atoms with van der Waals surface area (Å²) in [6, 6.07) is 1.72. The van der Waals surface area contributed by atoms with E-state index in [4.69, 9.17) is 0 Å². The minimum Gasteiger partial charge on any atom is -0.389 e. The summed E-state index contributed by atoms with van der Waals surface area (Å²) in [5.74, 6) is 0.519. The molecule has 2 heterocycles. The minimum absolute atomic E-state index is 0.147. The molecule has 0 radical (unpaired) electrons. The van der Waals surface area contributed by atoms with Gasteiger partial charge in [-0.05, 0) is 6.07 Å². The molecule has 0 aromatic carbocycles. The van der Waals surface area contributed by atoms with Crippen LogP contribution >= 0.6 is 0 Å². The molecule has 0 bridgehead atoms. The smallest absolute Gasteiger partial charge is 0.225 e. The Bertz CT molecular complexity index is 358. The summed E-state index contributed by atoms with van der Waals surface area (Å²) in [5.41, 5.74) is -0.489. The summed E-state index contributed by atoms with van der Waals surface area (Å²) in [5, 5.41) is 9.73. The summed E-state index contributed by atoms with van der Waals surface area (Å²) >= 11 is 0. The van der Waals surface area contributed by atoms with Gasteiger partial charge in [-0.25, -0.2) is 14.4 Å². The predicted octanol–water partition coefficient (Wildman–Crippen LogP) is 1.02. The van der Waals surface area contributed by atoms with Crippen LogP contribution in [-0.4, -0.2) is 40.4 Å². The Morgan fingerprint density at radius 1 is 1.44 bits per heavy atom. The maximum absolute atomic E-state index is 13.7. The van der Waals surface area contributed by atoms with Crippen LogP contribution in [-0.2, 0) is 0 Å². The SMILES string of the molecule is CC1(C)CN(c2ncccn2)C[C@H](F)[C@@H]1O. The fraction of sp³-hybridized carbons (Fsp3) is 0.636. The highest BCUT2D eigenvalue weighted by Crippen LogP contribution is 2.32. The highest BCUT2D eigenvalue weighted by molar-refractivity contribution is 5.31. The quantitative estimate of drug-likeness (QED) is 0.775. The molecule has 0 aliphatic carbocycles. The van der Waals surface area contributed by atoms with Gasteiger partial charge in [0, 0.05) is 24.4 Å². The molecule has 5 heteroatoms. The van der Waals surface area contributed by atoms with Crippen LogP contribution in [0.3, 0.4) is 0 Å². The zero-order valence-corrected chi connectivity index (χ0v) is 9.47. The fourth-order valence-electron chi connectivity index (χ4n) is 2.06. The lowest BCUT2D eigenvalue weighted by molar-refractivity contribution is -0.0257. The van der Waals surface area contributed by atoms with Crippen molar-refractivity contribution in [3.8, 4) is 0 Å². The maximum Gasteiger partial charge on any atom is 0.225 e. The van der Waals surface area contributed by atoms with Crippen LogP contribution in [0.1, 0.15) is 13.8 Å². The molecule has 1 aromatic heterocycles. The first-order valence-corrected chi connectivity index (χ1v) is 5.35. The normalized spacial score (nSPS) is 29.1. The Balaban J connectivity index is 2.20. The van der Waals surface area contributed by atoms with Gasteiger partial charge in [0.1, 0.15) is 6.17 Å². The van der Waals surface area contributed by atoms with Gasteiger partial charge in [-0.1, -0.05) is 13.8 Å². The van der Waals surface area contributed by atoms with Crippen LogP contribution in [0.25, 0.3) is 0 Å². The number of nitrogens with zero attached hydrogens (tertiary/aromatic N) is 3. The van der Waals surface area contributed by atoms with Gasteiger partial charge in [-0.3, -0.25) is 0 Å². The van der Waals surface area contributed by atoms with Crippen LogP contribution in [0, 0.1) is 5.41 Å². The number of aromatic nitrogens is 2. The van der Waals surface area contributed by atoms with Crippen molar-refractivity contribution in [2.24, 2.45) is 5.41 Å². The number of hydrogen-bond acceptors (Lipinski definition) is 4. The Labute approximate surface area is 94.1 Å². The molecule has 16 heavy (non-hydrogen) atoms. The molecule has 0 spiro atoms. The van der Waals surface area contributed by atoms with Gasteiger partial charge in [0.05, 0.1) is 12.6 Å². The van der Waals surface area contributed by atoms with Crippen molar-refractivity contribution < 1.29 is 9.50 Å². The van der Waals surface area contributed by atoms with E-state index in [0.29, 0.717) is 12.5 Å². The van der Waals surface area contributed by atoms with E-state index < -0.39 is 17.7 Å². The molecule has 1 N–H and O–H groups in total. The number of aliphatic hydroxyl groups is 1. The molecule has 0 saturated carbocycles. The lowest BCUT2D eigenvalue weighted by Crippen LogP contribution is -2.55. The second-order valence-corrected chi connectivity index (χ2v) is 4.88. The van der Waals surface area contributed by atoms with Gasteiger partial charge >= 0.3 is 0 Å². The largest absolute Gasteiger partial charge is 0.389 e. The molecule has 0 unspecified atom stereocenters. The molecule has 1 aromatic rings. The van der Waals surface area contributed by atoms with Crippen molar-refractivity contribution in [3.05, 3.63) is 18.5 Å². The van der Waals surface area contributed by atoms with Crippen molar-refractivity contribution in [1.82, 2.24) is 9.97 Å².